The number of nitrogens with zero attached hydrogens (tertiary/aromatic N) is 1. The summed E-state index contributed by atoms with van der Waals surface area (Å²) in [5.74, 6) is -7.01. The first-order valence-electron chi connectivity index (χ1n) is 3.97. The van der Waals surface area contributed by atoms with Gasteiger partial charge in [-0.05, 0) is 6.92 Å². The molecular weight excluding hydrogens is 256 g/mol. The summed E-state index contributed by atoms with van der Waals surface area (Å²) in [6, 6.07) is 0. The summed E-state index contributed by atoms with van der Waals surface area (Å²) in [7, 11) is 0. The SMILES string of the molecule is Cc1c(F)c(F)c(C(F)(F)F)c(F)c1[N+](=O)[O-]. The Balaban J connectivity index is 3.81. The van der Waals surface area contributed by atoms with Crippen LogP contribution in [0.5, 0.6) is 0 Å². The second-order valence-corrected chi connectivity index (χ2v) is 3.05. The smallest absolute Gasteiger partial charge is 0.258 e. The van der Waals surface area contributed by atoms with Gasteiger partial charge in [0.05, 0.1) is 10.5 Å². The quantitative estimate of drug-likeness (QED) is 0.336. The topological polar surface area (TPSA) is 43.1 Å². The number of alkyl halides is 3. The van der Waals surface area contributed by atoms with Crippen LogP contribution in [0.2, 0.25) is 0 Å². The van der Waals surface area contributed by atoms with Crippen molar-refractivity contribution < 1.29 is 31.3 Å². The minimum absolute atomic E-state index is 0.611. The van der Waals surface area contributed by atoms with Gasteiger partial charge in [0, 0.05) is 0 Å². The Labute approximate surface area is 89.8 Å². The minimum Gasteiger partial charge on any atom is -0.258 e. The Hall–Kier alpha value is -1.80. The summed E-state index contributed by atoms with van der Waals surface area (Å²) in [4.78, 5) is 8.76. The number of benzene rings is 1. The highest BCUT2D eigenvalue weighted by molar-refractivity contribution is 5.47. The molecule has 0 spiro atoms. The van der Waals surface area contributed by atoms with Gasteiger partial charge < -0.3 is 0 Å². The molecule has 0 radical (unpaired) electrons. The van der Waals surface area contributed by atoms with Crippen molar-refractivity contribution in [2.75, 3.05) is 0 Å². The molecule has 1 rings (SSSR count). The third-order valence-corrected chi connectivity index (χ3v) is 1.99. The van der Waals surface area contributed by atoms with E-state index in [0.29, 0.717) is 6.92 Å². The van der Waals surface area contributed by atoms with Crippen LogP contribution in [0.4, 0.5) is 32.0 Å². The van der Waals surface area contributed by atoms with E-state index in [1.165, 1.54) is 0 Å². The lowest BCUT2D eigenvalue weighted by atomic mass is 10.1. The average molecular weight is 259 g/mol. The monoisotopic (exact) mass is 259 g/mol. The maximum Gasteiger partial charge on any atom is 0.422 e. The molecule has 0 aromatic heterocycles. The van der Waals surface area contributed by atoms with Crippen LogP contribution in [0.3, 0.4) is 0 Å². The van der Waals surface area contributed by atoms with Gasteiger partial charge in [0.2, 0.25) is 5.82 Å². The molecule has 3 nitrogen and oxygen atoms in total. The normalized spacial score (nSPS) is 11.7. The van der Waals surface area contributed by atoms with Gasteiger partial charge in [-0.25, -0.2) is 8.78 Å². The van der Waals surface area contributed by atoms with Crippen LogP contribution in [0, 0.1) is 34.5 Å². The van der Waals surface area contributed by atoms with Gasteiger partial charge in [-0.1, -0.05) is 0 Å². The van der Waals surface area contributed by atoms with Gasteiger partial charge in [-0.2, -0.15) is 17.6 Å². The van der Waals surface area contributed by atoms with E-state index in [-0.39, 0.29) is 0 Å². The fraction of sp³-hybridized carbons (Fsp3) is 0.250. The largest absolute Gasteiger partial charge is 0.422 e. The van der Waals surface area contributed by atoms with Crippen molar-refractivity contribution in [1.29, 1.82) is 0 Å². The van der Waals surface area contributed by atoms with Crippen LogP contribution in [0.1, 0.15) is 11.1 Å². The highest BCUT2D eigenvalue weighted by Crippen LogP contribution is 2.39. The number of hydrogen-bond acceptors (Lipinski definition) is 2. The molecule has 0 saturated carbocycles. The van der Waals surface area contributed by atoms with Crippen molar-refractivity contribution in [2.45, 2.75) is 13.1 Å². The van der Waals surface area contributed by atoms with E-state index in [4.69, 9.17) is 0 Å². The van der Waals surface area contributed by atoms with Crippen LogP contribution in [0.15, 0.2) is 0 Å². The molecule has 0 heterocycles. The molecule has 0 bridgehead atoms. The number of nitro groups is 1. The molecule has 0 aliphatic rings. The highest BCUT2D eigenvalue weighted by atomic mass is 19.4. The fourth-order valence-corrected chi connectivity index (χ4v) is 1.22. The lowest BCUT2D eigenvalue weighted by Gasteiger charge is -2.11. The zero-order chi connectivity index (χ0) is 13.5. The number of halogens is 6. The Bertz CT molecular complexity index is 496. The molecule has 0 aliphatic heterocycles. The Morgan fingerprint density at radius 1 is 1.06 bits per heavy atom. The summed E-state index contributed by atoms with van der Waals surface area (Å²) in [5.41, 5.74) is -5.46. The first-order chi connectivity index (χ1) is 7.59. The maximum atomic E-state index is 13.2. The summed E-state index contributed by atoms with van der Waals surface area (Å²) in [6.45, 7) is 0.611. The molecule has 0 atom stereocenters. The predicted molar refractivity (Wildman–Crippen MR) is 42.7 cm³/mol. The Kier molecular flexibility index (Phi) is 3.04. The van der Waals surface area contributed by atoms with Crippen LogP contribution in [-0.4, -0.2) is 4.92 Å². The molecule has 0 amide bonds. The van der Waals surface area contributed by atoms with Gasteiger partial charge in [-0.3, -0.25) is 10.1 Å². The standard InChI is InChI=1S/C8H3F6NO2/c1-2-4(9)5(10)3(8(12,13)14)6(11)7(2)15(16)17/h1H3. The van der Waals surface area contributed by atoms with Crippen LogP contribution >= 0.6 is 0 Å². The third kappa shape index (κ3) is 2.04. The zero-order valence-electron chi connectivity index (χ0n) is 8.03. The van der Waals surface area contributed by atoms with Gasteiger partial charge in [0.25, 0.3) is 0 Å². The van der Waals surface area contributed by atoms with Crippen LogP contribution < -0.4 is 0 Å². The van der Waals surface area contributed by atoms with E-state index >= 15 is 0 Å². The first kappa shape index (κ1) is 13.3. The number of hydrogen-bond donors (Lipinski definition) is 0. The van der Waals surface area contributed by atoms with Crippen LogP contribution in [-0.2, 0) is 6.18 Å². The van der Waals surface area contributed by atoms with E-state index in [2.05, 4.69) is 0 Å². The average Bonchev–Trinajstić information content (AvgIpc) is 2.11. The van der Waals surface area contributed by atoms with E-state index in [1.807, 2.05) is 0 Å². The van der Waals surface area contributed by atoms with Gasteiger partial charge in [-0.15, -0.1) is 0 Å². The molecule has 1 aromatic carbocycles. The van der Waals surface area contributed by atoms with E-state index < -0.39 is 45.4 Å². The van der Waals surface area contributed by atoms with Gasteiger partial charge in [0.15, 0.2) is 11.6 Å². The summed E-state index contributed by atoms with van der Waals surface area (Å²) < 4.78 is 75.6. The van der Waals surface area contributed by atoms with Crippen molar-refractivity contribution in [3.8, 4) is 0 Å². The van der Waals surface area contributed by atoms with Crippen molar-refractivity contribution in [3.05, 3.63) is 38.7 Å². The molecular formula is C8H3F6NO2. The molecule has 94 valence electrons. The molecule has 0 unspecified atom stereocenters. The first-order valence-corrected chi connectivity index (χ1v) is 3.97. The Morgan fingerprint density at radius 2 is 1.53 bits per heavy atom. The number of nitro benzene ring substituents is 1. The van der Waals surface area contributed by atoms with Crippen molar-refractivity contribution >= 4 is 5.69 Å². The molecule has 0 fully saturated rings. The molecule has 0 aliphatic carbocycles. The number of rotatable bonds is 1. The predicted octanol–water partition coefficient (Wildman–Crippen LogP) is 3.34. The van der Waals surface area contributed by atoms with Crippen molar-refractivity contribution in [2.24, 2.45) is 0 Å². The zero-order valence-corrected chi connectivity index (χ0v) is 8.03. The van der Waals surface area contributed by atoms with E-state index in [1.54, 1.807) is 0 Å². The lowest BCUT2D eigenvalue weighted by Crippen LogP contribution is -2.16. The van der Waals surface area contributed by atoms with Gasteiger partial charge >= 0.3 is 11.9 Å². The lowest BCUT2D eigenvalue weighted by molar-refractivity contribution is -0.388. The summed E-state index contributed by atoms with van der Waals surface area (Å²) in [6.07, 6.45) is -5.56. The molecule has 9 heteroatoms. The molecule has 0 N–H and O–H groups in total. The second kappa shape index (κ2) is 3.90. The molecule has 1 aromatic rings. The fourth-order valence-electron chi connectivity index (χ4n) is 1.22. The summed E-state index contributed by atoms with van der Waals surface area (Å²) >= 11 is 0. The van der Waals surface area contributed by atoms with Crippen molar-refractivity contribution in [3.63, 3.8) is 0 Å². The van der Waals surface area contributed by atoms with Gasteiger partial charge in [0.1, 0.15) is 5.56 Å². The summed E-state index contributed by atoms with van der Waals surface area (Å²) in [5, 5.41) is 10.3. The Morgan fingerprint density at radius 3 is 1.88 bits per heavy atom. The second-order valence-electron chi connectivity index (χ2n) is 3.05. The third-order valence-electron chi connectivity index (χ3n) is 1.99. The van der Waals surface area contributed by atoms with Crippen LogP contribution in [0.25, 0.3) is 0 Å². The minimum atomic E-state index is -5.56. The molecule has 0 saturated heterocycles. The van der Waals surface area contributed by atoms with E-state index in [9.17, 15) is 36.5 Å². The van der Waals surface area contributed by atoms with Crippen molar-refractivity contribution in [1.82, 2.24) is 0 Å². The maximum absolute atomic E-state index is 13.2. The highest BCUT2D eigenvalue weighted by Gasteiger charge is 2.44. The molecule has 17 heavy (non-hydrogen) atoms. The van der Waals surface area contributed by atoms with E-state index in [0.717, 1.165) is 0 Å².